The molecule has 0 aromatic heterocycles. The fourth-order valence-electron chi connectivity index (χ4n) is 6.58. The highest BCUT2D eigenvalue weighted by atomic mass is 16.2. The Morgan fingerprint density at radius 2 is 1.30 bits per heavy atom. The van der Waals surface area contributed by atoms with Crippen LogP contribution >= 0.6 is 0 Å². The molecule has 2 unspecified atom stereocenters. The third-order valence-corrected chi connectivity index (χ3v) is 8.89. The molecule has 3 N–H and O–H groups in total. The minimum atomic E-state index is -0.722. The van der Waals surface area contributed by atoms with Crippen molar-refractivity contribution >= 4 is 47.0 Å². The minimum Gasteiger partial charge on any atom is -0.326 e. The molecule has 12 heteroatoms. The van der Waals surface area contributed by atoms with Crippen molar-refractivity contribution in [1.29, 1.82) is 0 Å². The lowest BCUT2D eigenvalue weighted by molar-refractivity contribution is -0.138. The van der Waals surface area contributed by atoms with Crippen molar-refractivity contribution in [3.63, 3.8) is 0 Å². The molecular formula is C32H33N5O7. The maximum absolute atomic E-state index is 13.1. The molecule has 0 bridgehead atoms. The van der Waals surface area contributed by atoms with Crippen molar-refractivity contribution in [3.8, 4) is 0 Å². The zero-order valence-corrected chi connectivity index (χ0v) is 24.1. The van der Waals surface area contributed by atoms with Gasteiger partial charge in [-0.2, -0.15) is 0 Å². The lowest BCUT2D eigenvalue weighted by Gasteiger charge is -2.29. The van der Waals surface area contributed by atoms with Crippen molar-refractivity contribution in [1.82, 2.24) is 20.4 Å². The number of aryl methyl sites for hydroxylation is 1. The molecule has 228 valence electrons. The highest BCUT2D eigenvalue weighted by molar-refractivity contribution is 6.07. The average Bonchev–Trinajstić information content (AvgIpc) is 3.50. The third-order valence-electron chi connectivity index (χ3n) is 8.89. The number of piperidine rings is 2. The Bertz CT molecular complexity index is 1600. The lowest BCUT2D eigenvalue weighted by atomic mass is 9.98. The van der Waals surface area contributed by atoms with E-state index in [0.717, 1.165) is 30.4 Å². The van der Waals surface area contributed by atoms with E-state index in [9.17, 15) is 33.6 Å². The summed E-state index contributed by atoms with van der Waals surface area (Å²) in [6, 6.07) is 9.36. The molecule has 2 fully saturated rings. The van der Waals surface area contributed by atoms with Gasteiger partial charge in [0.25, 0.3) is 11.8 Å². The summed E-state index contributed by atoms with van der Waals surface area (Å²) >= 11 is 0. The van der Waals surface area contributed by atoms with Crippen LogP contribution in [-0.4, -0.2) is 63.2 Å². The number of carbonyl (C=O) groups is 7. The number of hydrogen-bond acceptors (Lipinski definition) is 7. The van der Waals surface area contributed by atoms with Gasteiger partial charge in [-0.25, -0.2) is 0 Å². The number of fused-ring (bicyclic) bond motifs is 2. The summed E-state index contributed by atoms with van der Waals surface area (Å²) in [5.41, 5.74) is 4.20. The molecule has 7 amide bonds. The van der Waals surface area contributed by atoms with Crippen LogP contribution in [0.3, 0.4) is 0 Å². The van der Waals surface area contributed by atoms with Gasteiger partial charge >= 0.3 is 0 Å². The van der Waals surface area contributed by atoms with Crippen molar-refractivity contribution in [3.05, 3.63) is 64.2 Å². The third kappa shape index (κ3) is 5.59. The summed E-state index contributed by atoms with van der Waals surface area (Å²) < 4.78 is 0. The molecule has 12 nitrogen and oxygen atoms in total. The molecule has 2 aromatic carbocycles. The van der Waals surface area contributed by atoms with Crippen LogP contribution < -0.4 is 16.0 Å². The number of imide groups is 2. The Kier molecular flexibility index (Phi) is 7.98. The minimum absolute atomic E-state index is 0.170. The van der Waals surface area contributed by atoms with Gasteiger partial charge in [0.2, 0.25) is 29.5 Å². The van der Waals surface area contributed by atoms with Crippen molar-refractivity contribution in [2.45, 2.75) is 83.0 Å². The first-order chi connectivity index (χ1) is 21.2. The fourth-order valence-corrected chi connectivity index (χ4v) is 6.58. The summed E-state index contributed by atoms with van der Waals surface area (Å²) in [6.45, 7) is 0.520. The molecule has 0 spiro atoms. The zero-order chi connectivity index (χ0) is 31.0. The van der Waals surface area contributed by atoms with Crippen LogP contribution in [0.15, 0.2) is 36.4 Å². The Labute approximate surface area is 253 Å². The number of anilines is 1. The van der Waals surface area contributed by atoms with Crippen LogP contribution in [0.2, 0.25) is 0 Å². The smallest absolute Gasteiger partial charge is 0.255 e. The predicted molar refractivity (Wildman–Crippen MR) is 156 cm³/mol. The van der Waals surface area contributed by atoms with E-state index in [2.05, 4.69) is 16.0 Å². The summed E-state index contributed by atoms with van der Waals surface area (Å²) in [6.07, 6.45) is 4.25. The standard InChI is InChI=1S/C32H33N5O7/c38-26(33-23-10-5-9-20-22(23)17-37(32(20)44)25-13-15-28(40)35-30(25)42)11-3-1-2-6-18-7-4-8-19-21(18)16-36(31(19)43)24-12-14-27(39)34-29(24)41/h4-5,7-10,24-25H,1-3,6,11-17H2,(H,33,38)(H,34,39,41)(H,35,40,42). The van der Waals surface area contributed by atoms with Crippen LogP contribution in [-0.2, 0) is 43.5 Å². The molecule has 6 rings (SSSR count). The summed E-state index contributed by atoms with van der Waals surface area (Å²) in [4.78, 5) is 89.7. The molecule has 44 heavy (non-hydrogen) atoms. The van der Waals surface area contributed by atoms with Crippen LogP contribution in [0.5, 0.6) is 0 Å². The fraction of sp³-hybridized carbons (Fsp3) is 0.406. The normalized spacial score (nSPS) is 21.3. The van der Waals surface area contributed by atoms with Gasteiger partial charge < -0.3 is 15.1 Å². The number of rotatable bonds is 9. The quantitative estimate of drug-likeness (QED) is 0.293. The number of amides is 7. The van der Waals surface area contributed by atoms with Crippen LogP contribution in [0.1, 0.15) is 88.8 Å². The number of carbonyl (C=O) groups excluding carboxylic acids is 7. The highest BCUT2D eigenvalue weighted by Crippen LogP contribution is 2.33. The van der Waals surface area contributed by atoms with Gasteiger partial charge in [0.15, 0.2) is 0 Å². The second-order valence-corrected chi connectivity index (χ2v) is 11.7. The topological polar surface area (TPSA) is 162 Å². The van der Waals surface area contributed by atoms with Crippen LogP contribution in [0.25, 0.3) is 0 Å². The monoisotopic (exact) mass is 599 g/mol. The highest BCUT2D eigenvalue weighted by Gasteiger charge is 2.41. The molecule has 4 heterocycles. The maximum Gasteiger partial charge on any atom is 0.255 e. The van der Waals surface area contributed by atoms with Gasteiger partial charge in [0.1, 0.15) is 12.1 Å². The van der Waals surface area contributed by atoms with E-state index in [1.165, 1.54) is 4.90 Å². The Balaban J connectivity index is 0.994. The maximum atomic E-state index is 13.1. The van der Waals surface area contributed by atoms with E-state index in [-0.39, 0.29) is 55.3 Å². The van der Waals surface area contributed by atoms with E-state index in [0.29, 0.717) is 48.2 Å². The Morgan fingerprint density at radius 3 is 1.91 bits per heavy atom. The molecule has 2 atom stereocenters. The number of nitrogens with zero attached hydrogens (tertiary/aromatic N) is 2. The van der Waals surface area contributed by atoms with Gasteiger partial charge in [-0.05, 0) is 61.4 Å². The van der Waals surface area contributed by atoms with E-state index >= 15 is 0 Å². The molecule has 0 radical (unpaired) electrons. The number of hydrogen-bond donors (Lipinski definition) is 3. The zero-order valence-electron chi connectivity index (χ0n) is 24.1. The first-order valence-electron chi connectivity index (χ1n) is 15.0. The van der Waals surface area contributed by atoms with Crippen LogP contribution in [0.4, 0.5) is 5.69 Å². The lowest BCUT2D eigenvalue weighted by Crippen LogP contribution is -2.52. The molecule has 2 aromatic rings. The van der Waals surface area contributed by atoms with Crippen LogP contribution in [0, 0.1) is 0 Å². The molecule has 0 aliphatic carbocycles. The second-order valence-electron chi connectivity index (χ2n) is 11.7. The summed E-state index contributed by atoms with van der Waals surface area (Å²) in [7, 11) is 0. The Hall–Kier alpha value is -4.87. The van der Waals surface area contributed by atoms with Gasteiger partial charge in [0, 0.05) is 54.7 Å². The first kappa shape index (κ1) is 29.2. The molecule has 2 saturated heterocycles. The van der Waals surface area contributed by atoms with Crippen molar-refractivity contribution in [2.24, 2.45) is 0 Å². The van der Waals surface area contributed by atoms with E-state index in [1.807, 2.05) is 12.1 Å². The number of benzene rings is 2. The van der Waals surface area contributed by atoms with Gasteiger partial charge in [-0.1, -0.05) is 24.6 Å². The Morgan fingerprint density at radius 1 is 0.727 bits per heavy atom. The molecule has 4 aliphatic heterocycles. The van der Waals surface area contributed by atoms with E-state index < -0.39 is 23.9 Å². The van der Waals surface area contributed by atoms with Gasteiger partial charge in [0.05, 0.1) is 0 Å². The van der Waals surface area contributed by atoms with Gasteiger partial charge in [-0.15, -0.1) is 0 Å². The number of nitrogens with one attached hydrogen (secondary N) is 3. The van der Waals surface area contributed by atoms with Crippen molar-refractivity contribution in [2.75, 3.05) is 5.32 Å². The average molecular weight is 600 g/mol. The predicted octanol–water partition coefficient (Wildman–Crippen LogP) is 1.95. The SMILES string of the molecule is O=C1CCC(N2Cc3c(CCCCCC(=O)Nc4cccc5c4CN(C4CCC(=O)NC4=O)C5=O)cccc3C2=O)C(=O)N1. The molecular weight excluding hydrogens is 566 g/mol. The van der Waals surface area contributed by atoms with E-state index in [4.69, 9.17) is 0 Å². The van der Waals surface area contributed by atoms with E-state index in [1.54, 1.807) is 29.2 Å². The first-order valence-corrected chi connectivity index (χ1v) is 15.0. The van der Waals surface area contributed by atoms with Gasteiger partial charge in [-0.3, -0.25) is 44.2 Å². The molecule has 4 aliphatic rings. The van der Waals surface area contributed by atoms with Crippen molar-refractivity contribution < 1.29 is 33.6 Å². The summed E-state index contributed by atoms with van der Waals surface area (Å²) in [5, 5.41) is 7.55. The second kappa shape index (κ2) is 12.0. The molecule has 0 saturated carbocycles. The number of unbranched alkanes of at least 4 members (excludes halogenated alkanes) is 2. The largest absolute Gasteiger partial charge is 0.326 e. The summed E-state index contributed by atoms with van der Waals surface area (Å²) in [5.74, 6) is -2.22.